The van der Waals surface area contributed by atoms with Crippen molar-refractivity contribution in [3.63, 3.8) is 0 Å². The summed E-state index contributed by atoms with van der Waals surface area (Å²) in [4.78, 5) is 13.0. The van der Waals surface area contributed by atoms with Crippen LogP contribution in [0.15, 0.2) is 48.5 Å². The average Bonchev–Trinajstić information content (AvgIpc) is 2.73. The number of hydrogen-bond donors (Lipinski definition) is 2. The molecule has 1 aliphatic rings. The number of hydrogen-bond acceptors (Lipinski definition) is 1. The van der Waals surface area contributed by atoms with Gasteiger partial charge in [-0.15, -0.1) is 0 Å². The molecule has 0 bridgehead atoms. The average molecular weight is 407 g/mol. The van der Waals surface area contributed by atoms with Gasteiger partial charge in [-0.05, 0) is 53.2 Å². The van der Waals surface area contributed by atoms with E-state index in [9.17, 15) is 4.79 Å². The Morgan fingerprint density at radius 3 is 2.03 bits per heavy atom. The number of carbonyl (C=O) groups is 1. The highest BCUT2D eigenvalue weighted by molar-refractivity contribution is 5.91. The summed E-state index contributed by atoms with van der Waals surface area (Å²) in [5, 5.41) is 6.46. The molecule has 0 saturated heterocycles. The zero-order valence-corrected chi connectivity index (χ0v) is 19.1. The first kappa shape index (κ1) is 22.4. The molecular formula is C27H38N2O. The Kier molecular flexibility index (Phi) is 7.58. The fourth-order valence-corrected chi connectivity index (χ4v) is 4.87. The summed E-state index contributed by atoms with van der Waals surface area (Å²) in [6.07, 6.45) is 7.22. The van der Waals surface area contributed by atoms with E-state index in [-0.39, 0.29) is 11.4 Å². The van der Waals surface area contributed by atoms with Crippen molar-refractivity contribution in [1.82, 2.24) is 5.32 Å². The molecule has 0 heterocycles. The molecule has 30 heavy (non-hydrogen) atoms. The Morgan fingerprint density at radius 2 is 1.47 bits per heavy atom. The third-order valence-corrected chi connectivity index (χ3v) is 6.57. The second-order valence-electron chi connectivity index (χ2n) is 9.65. The summed E-state index contributed by atoms with van der Waals surface area (Å²) < 4.78 is 0. The minimum Gasteiger partial charge on any atom is -0.337 e. The lowest BCUT2D eigenvalue weighted by Crippen LogP contribution is -2.42. The van der Waals surface area contributed by atoms with Crippen molar-refractivity contribution in [2.75, 3.05) is 11.9 Å². The molecule has 0 aliphatic heterocycles. The van der Waals surface area contributed by atoms with E-state index in [4.69, 9.17) is 0 Å². The molecule has 2 aromatic carbocycles. The van der Waals surface area contributed by atoms with Gasteiger partial charge in [-0.1, -0.05) is 95.5 Å². The highest BCUT2D eigenvalue weighted by Crippen LogP contribution is 2.39. The summed E-state index contributed by atoms with van der Waals surface area (Å²) in [6.45, 7) is 9.45. The Labute approximate surface area is 182 Å². The largest absolute Gasteiger partial charge is 0.337 e. The minimum atomic E-state index is -0.0805. The van der Waals surface area contributed by atoms with Crippen molar-refractivity contribution in [2.24, 2.45) is 5.41 Å². The molecule has 0 unspecified atom stereocenters. The third-order valence-electron chi connectivity index (χ3n) is 6.57. The first-order chi connectivity index (χ1) is 14.4. The van der Waals surface area contributed by atoms with Crippen molar-refractivity contribution < 1.29 is 4.79 Å². The van der Waals surface area contributed by atoms with Crippen LogP contribution in [0.4, 0.5) is 10.5 Å². The number of benzene rings is 2. The lowest BCUT2D eigenvalue weighted by atomic mass is 9.70. The molecule has 0 aromatic heterocycles. The van der Waals surface area contributed by atoms with Gasteiger partial charge in [0, 0.05) is 12.2 Å². The Hall–Kier alpha value is -2.29. The standard InChI is InChI=1S/C27H38N2O/c1-20(2)23-14-11-15-24(21(3)4)25(23)29-26(30)28-19-27(16-9-6-10-17-27)18-22-12-7-5-8-13-22/h5,7-8,11-15,20-21H,6,9-10,16-19H2,1-4H3,(H2,28,29,30). The lowest BCUT2D eigenvalue weighted by Gasteiger charge is -2.38. The number of anilines is 1. The van der Waals surface area contributed by atoms with Gasteiger partial charge < -0.3 is 10.6 Å². The molecule has 1 fully saturated rings. The number of nitrogens with one attached hydrogen (secondary N) is 2. The van der Waals surface area contributed by atoms with Crippen molar-refractivity contribution in [1.29, 1.82) is 0 Å². The van der Waals surface area contributed by atoms with Gasteiger partial charge in [0.15, 0.2) is 0 Å². The second kappa shape index (κ2) is 10.1. The van der Waals surface area contributed by atoms with E-state index in [0.29, 0.717) is 11.8 Å². The van der Waals surface area contributed by atoms with E-state index in [1.165, 1.54) is 48.8 Å². The summed E-state index contributed by atoms with van der Waals surface area (Å²) >= 11 is 0. The van der Waals surface area contributed by atoms with Crippen molar-refractivity contribution in [3.8, 4) is 0 Å². The molecule has 2 amide bonds. The monoisotopic (exact) mass is 406 g/mol. The van der Waals surface area contributed by atoms with Crippen LogP contribution < -0.4 is 10.6 Å². The Balaban J connectivity index is 1.72. The number of para-hydroxylation sites is 1. The molecule has 2 N–H and O–H groups in total. The first-order valence-corrected chi connectivity index (χ1v) is 11.6. The van der Waals surface area contributed by atoms with Crippen LogP contribution >= 0.6 is 0 Å². The lowest BCUT2D eigenvalue weighted by molar-refractivity contribution is 0.181. The van der Waals surface area contributed by atoms with Crippen LogP contribution in [0.25, 0.3) is 0 Å². The normalized spacial score (nSPS) is 15.9. The van der Waals surface area contributed by atoms with Crippen LogP contribution in [0.3, 0.4) is 0 Å². The number of amides is 2. The SMILES string of the molecule is CC(C)c1cccc(C(C)C)c1NC(=O)NCC1(Cc2ccccc2)CCCCC1. The maximum atomic E-state index is 13.0. The fourth-order valence-electron chi connectivity index (χ4n) is 4.87. The highest BCUT2D eigenvalue weighted by atomic mass is 16.2. The molecule has 1 saturated carbocycles. The summed E-state index contributed by atoms with van der Waals surface area (Å²) in [7, 11) is 0. The summed E-state index contributed by atoms with van der Waals surface area (Å²) in [5.41, 5.74) is 4.92. The zero-order chi connectivity index (χ0) is 21.6. The predicted octanol–water partition coefficient (Wildman–Crippen LogP) is 7.25. The van der Waals surface area contributed by atoms with Crippen LogP contribution in [-0.4, -0.2) is 12.6 Å². The van der Waals surface area contributed by atoms with E-state index in [1.54, 1.807) is 0 Å². The molecule has 3 heteroatoms. The van der Waals surface area contributed by atoms with Gasteiger partial charge in [0.25, 0.3) is 0 Å². The molecule has 3 rings (SSSR count). The molecule has 2 aromatic rings. The van der Waals surface area contributed by atoms with Crippen LogP contribution in [0.5, 0.6) is 0 Å². The van der Waals surface area contributed by atoms with Gasteiger partial charge in [-0.2, -0.15) is 0 Å². The van der Waals surface area contributed by atoms with E-state index in [0.717, 1.165) is 18.7 Å². The maximum absolute atomic E-state index is 13.0. The molecule has 162 valence electrons. The van der Waals surface area contributed by atoms with Gasteiger partial charge in [-0.25, -0.2) is 4.79 Å². The summed E-state index contributed by atoms with van der Waals surface area (Å²) in [6, 6.07) is 17.0. The predicted molar refractivity (Wildman–Crippen MR) is 127 cm³/mol. The molecule has 3 nitrogen and oxygen atoms in total. The van der Waals surface area contributed by atoms with Gasteiger partial charge in [-0.3, -0.25) is 0 Å². The Morgan fingerprint density at radius 1 is 0.867 bits per heavy atom. The zero-order valence-electron chi connectivity index (χ0n) is 19.1. The topological polar surface area (TPSA) is 41.1 Å². The fraction of sp³-hybridized carbons (Fsp3) is 0.519. The van der Waals surface area contributed by atoms with Crippen LogP contribution in [-0.2, 0) is 6.42 Å². The number of rotatable bonds is 7. The smallest absolute Gasteiger partial charge is 0.319 e. The van der Waals surface area contributed by atoms with Gasteiger partial charge >= 0.3 is 6.03 Å². The molecule has 1 aliphatic carbocycles. The van der Waals surface area contributed by atoms with Crippen LogP contribution in [0.1, 0.15) is 88.3 Å². The van der Waals surface area contributed by atoms with E-state index in [2.05, 4.69) is 86.9 Å². The minimum absolute atomic E-state index is 0.0805. The molecule has 0 spiro atoms. The van der Waals surface area contributed by atoms with Gasteiger partial charge in [0.1, 0.15) is 0 Å². The van der Waals surface area contributed by atoms with Gasteiger partial charge in [0.05, 0.1) is 0 Å². The van der Waals surface area contributed by atoms with E-state index < -0.39 is 0 Å². The quantitative estimate of drug-likeness (QED) is 0.499. The van der Waals surface area contributed by atoms with Crippen molar-refractivity contribution >= 4 is 11.7 Å². The van der Waals surface area contributed by atoms with E-state index >= 15 is 0 Å². The molecular weight excluding hydrogens is 368 g/mol. The van der Waals surface area contributed by atoms with Crippen LogP contribution in [0, 0.1) is 5.41 Å². The first-order valence-electron chi connectivity index (χ1n) is 11.6. The highest BCUT2D eigenvalue weighted by Gasteiger charge is 2.32. The Bertz CT molecular complexity index is 794. The van der Waals surface area contributed by atoms with Gasteiger partial charge in [0.2, 0.25) is 0 Å². The van der Waals surface area contributed by atoms with Crippen molar-refractivity contribution in [3.05, 3.63) is 65.2 Å². The maximum Gasteiger partial charge on any atom is 0.319 e. The molecule has 0 radical (unpaired) electrons. The number of urea groups is 1. The molecule has 0 atom stereocenters. The van der Waals surface area contributed by atoms with Crippen molar-refractivity contribution in [2.45, 2.75) is 78.1 Å². The van der Waals surface area contributed by atoms with Crippen LogP contribution in [0.2, 0.25) is 0 Å². The number of carbonyl (C=O) groups excluding carboxylic acids is 1. The second-order valence-corrected chi connectivity index (χ2v) is 9.65. The third kappa shape index (κ3) is 5.65. The van der Waals surface area contributed by atoms with E-state index in [1.807, 2.05) is 0 Å². The summed E-state index contributed by atoms with van der Waals surface area (Å²) in [5.74, 6) is 0.725.